The van der Waals surface area contributed by atoms with Crippen LogP contribution in [0.3, 0.4) is 0 Å². The maximum absolute atomic E-state index is 12.3. The quantitative estimate of drug-likeness (QED) is 0.721. The van der Waals surface area contributed by atoms with Crippen LogP contribution >= 0.6 is 11.8 Å². The van der Waals surface area contributed by atoms with Crippen LogP contribution in [-0.4, -0.2) is 60.8 Å². The molecule has 8 heteroatoms. The third-order valence-corrected chi connectivity index (χ3v) is 7.48. The molecule has 1 aromatic carbocycles. The Kier molecular flexibility index (Phi) is 5.19. The number of carbonyl (C=O) groups is 1. The Balaban J connectivity index is 1.73. The summed E-state index contributed by atoms with van der Waals surface area (Å²) in [6.45, 7) is 4.20. The topological polar surface area (TPSA) is 76.0 Å². The minimum Gasteiger partial charge on any atom is -0.497 e. The number of carbonyl (C=O) groups excluding carboxylic acids is 1. The van der Waals surface area contributed by atoms with E-state index in [2.05, 4.69) is 11.6 Å². The Bertz CT molecular complexity index is 802. The Morgan fingerprint density at radius 3 is 2.76 bits per heavy atom. The molecule has 25 heavy (non-hydrogen) atoms. The number of nitrogens with zero attached hydrogens (tertiary/aromatic N) is 2. The summed E-state index contributed by atoms with van der Waals surface area (Å²) in [6.07, 6.45) is 1.90. The molecule has 1 aromatic rings. The number of hydrogen-bond donors (Lipinski definition) is 0. The molecule has 0 aliphatic carbocycles. The number of sulfone groups is 1. The molecule has 2 aliphatic rings. The number of hydrogen-bond acceptors (Lipinski definition) is 5. The fraction of sp³-hybridized carbons (Fsp3) is 0.412. The lowest BCUT2D eigenvalue weighted by Crippen LogP contribution is -2.37. The highest BCUT2D eigenvalue weighted by Crippen LogP contribution is 2.38. The van der Waals surface area contributed by atoms with Gasteiger partial charge in [-0.05, 0) is 17.7 Å². The maximum Gasteiger partial charge on any atom is 0.252 e. The second kappa shape index (κ2) is 7.21. The highest BCUT2D eigenvalue weighted by Gasteiger charge is 2.48. The van der Waals surface area contributed by atoms with E-state index < -0.39 is 9.84 Å². The van der Waals surface area contributed by atoms with E-state index in [1.54, 1.807) is 25.3 Å². The predicted octanol–water partition coefficient (Wildman–Crippen LogP) is 1.52. The van der Waals surface area contributed by atoms with Gasteiger partial charge in [-0.25, -0.2) is 8.42 Å². The van der Waals surface area contributed by atoms with Gasteiger partial charge in [0.05, 0.1) is 31.1 Å². The number of aliphatic imine (C=N–C) groups is 1. The summed E-state index contributed by atoms with van der Waals surface area (Å²) in [4.78, 5) is 18.4. The molecule has 134 valence electrons. The molecule has 2 saturated heterocycles. The van der Waals surface area contributed by atoms with Crippen LogP contribution in [0.4, 0.5) is 0 Å². The van der Waals surface area contributed by atoms with Crippen molar-refractivity contribution in [2.45, 2.75) is 17.7 Å². The molecule has 2 atom stereocenters. The molecule has 0 unspecified atom stereocenters. The predicted molar refractivity (Wildman–Crippen MR) is 99.9 cm³/mol. The zero-order valence-electron chi connectivity index (χ0n) is 13.9. The fourth-order valence-electron chi connectivity index (χ4n) is 3.05. The van der Waals surface area contributed by atoms with Crippen molar-refractivity contribution >= 4 is 32.7 Å². The number of amides is 1. The minimum atomic E-state index is -3.01. The van der Waals surface area contributed by atoms with E-state index in [0.717, 1.165) is 11.3 Å². The van der Waals surface area contributed by atoms with Crippen molar-refractivity contribution in [3.05, 3.63) is 42.5 Å². The van der Waals surface area contributed by atoms with Crippen LogP contribution in [0, 0.1) is 0 Å². The zero-order valence-corrected chi connectivity index (χ0v) is 15.6. The molecule has 1 amide bonds. The van der Waals surface area contributed by atoms with Crippen molar-refractivity contribution in [1.29, 1.82) is 0 Å². The second-order valence-electron chi connectivity index (χ2n) is 6.05. The highest BCUT2D eigenvalue weighted by atomic mass is 32.2. The lowest BCUT2D eigenvalue weighted by Gasteiger charge is -2.22. The molecule has 0 spiro atoms. The van der Waals surface area contributed by atoms with Gasteiger partial charge in [0.2, 0.25) is 0 Å². The van der Waals surface area contributed by atoms with Gasteiger partial charge in [0.15, 0.2) is 15.0 Å². The molecule has 0 N–H and O–H groups in total. The average Bonchev–Trinajstić information content (AvgIpc) is 3.01. The van der Waals surface area contributed by atoms with Crippen LogP contribution in [0.2, 0.25) is 0 Å². The maximum atomic E-state index is 12.3. The third kappa shape index (κ3) is 4.07. The fourth-order valence-corrected chi connectivity index (χ4v) is 7.03. The number of ether oxygens (including phenoxy) is 1. The lowest BCUT2D eigenvalue weighted by molar-refractivity contribution is -0.117. The van der Waals surface area contributed by atoms with Gasteiger partial charge < -0.3 is 9.64 Å². The van der Waals surface area contributed by atoms with Gasteiger partial charge in [-0.15, -0.1) is 6.58 Å². The summed E-state index contributed by atoms with van der Waals surface area (Å²) < 4.78 is 28.8. The first-order valence-corrected chi connectivity index (χ1v) is 10.6. The van der Waals surface area contributed by atoms with Crippen molar-refractivity contribution in [2.24, 2.45) is 4.99 Å². The summed E-state index contributed by atoms with van der Waals surface area (Å²) in [7, 11) is -1.42. The number of amidine groups is 1. The van der Waals surface area contributed by atoms with Gasteiger partial charge in [-0.2, -0.15) is 4.99 Å². The molecule has 3 rings (SSSR count). The SMILES string of the molecule is C=CCN1C(=NC(=O)Cc2ccc(OC)cc2)S[C@@H]2CS(=O)(=O)C[C@H]21. The molecule has 0 radical (unpaired) electrons. The molecule has 0 saturated carbocycles. The summed E-state index contributed by atoms with van der Waals surface area (Å²) in [5.74, 6) is 0.746. The number of methoxy groups -OCH3 is 1. The van der Waals surface area contributed by atoms with E-state index in [9.17, 15) is 13.2 Å². The van der Waals surface area contributed by atoms with Gasteiger partial charge in [0.25, 0.3) is 5.91 Å². The summed E-state index contributed by atoms with van der Waals surface area (Å²) >= 11 is 1.38. The van der Waals surface area contributed by atoms with Crippen LogP contribution in [-0.2, 0) is 21.1 Å². The molecular weight excluding hydrogens is 360 g/mol. The normalized spacial score (nSPS) is 25.8. The molecular formula is C17H20N2O4S2. The minimum absolute atomic E-state index is 0.0579. The summed E-state index contributed by atoms with van der Waals surface area (Å²) in [6, 6.07) is 7.16. The Morgan fingerprint density at radius 1 is 1.40 bits per heavy atom. The molecule has 0 aromatic heterocycles. The lowest BCUT2D eigenvalue weighted by atomic mass is 10.1. The first kappa shape index (κ1) is 18.0. The van der Waals surface area contributed by atoms with E-state index >= 15 is 0 Å². The first-order valence-electron chi connectivity index (χ1n) is 7.91. The molecule has 2 aliphatic heterocycles. The van der Waals surface area contributed by atoms with Gasteiger partial charge in [-0.1, -0.05) is 30.0 Å². The van der Waals surface area contributed by atoms with Crippen LogP contribution in [0.25, 0.3) is 0 Å². The first-order chi connectivity index (χ1) is 11.9. The third-order valence-electron chi connectivity index (χ3n) is 4.24. The van der Waals surface area contributed by atoms with Crippen LogP contribution in [0.15, 0.2) is 41.9 Å². The number of fused-ring (bicyclic) bond motifs is 1. The Morgan fingerprint density at radius 2 is 2.12 bits per heavy atom. The number of thioether (sulfide) groups is 1. The van der Waals surface area contributed by atoms with Crippen molar-refractivity contribution < 1.29 is 17.9 Å². The molecule has 6 nitrogen and oxygen atoms in total. The number of rotatable bonds is 5. The number of benzene rings is 1. The van der Waals surface area contributed by atoms with E-state index in [4.69, 9.17) is 4.74 Å². The van der Waals surface area contributed by atoms with Gasteiger partial charge in [-0.3, -0.25) is 4.79 Å². The molecule has 2 fully saturated rings. The van der Waals surface area contributed by atoms with Gasteiger partial charge >= 0.3 is 0 Å². The molecule has 0 bridgehead atoms. The standard InChI is InChI=1S/C17H20N2O4S2/c1-3-8-19-14-10-25(21,22)11-15(14)24-17(19)18-16(20)9-12-4-6-13(23-2)7-5-12/h3-7,14-15H,1,8-11H2,2H3/t14-,15-/m1/s1. The van der Waals surface area contributed by atoms with E-state index in [1.165, 1.54) is 11.8 Å². The van der Waals surface area contributed by atoms with Crippen molar-refractivity contribution in [1.82, 2.24) is 4.90 Å². The second-order valence-corrected chi connectivity index (χ2v) is 9.41. The van der Waals surface area contributed by atoms with E-state index in [1.807, 2.05) is 17.0 Å². The average molecular weight is 380 g/mol. The van der Waals surface area contributed by atoms with Gasteiger partial charge in [0.1, 0.15) is 5.75 Å². The van der Waals surface area contributed by atoms with Crippen LogP contribution in [0.1, 0.15) is 5.56 Å². The monoisotopic (exact) mass is 380 g/mol. The Hall–Kier alpha value is -1.80. The largest absolute Gasteiger partial charge is 0.497 e. The Labute approximate surface area is 151 Å². The molecule has 2 heterocycles. The van der Waals surface area contributed by atoms with Crippen LogP contribution < -0.4 is 4.74 Å². The van der Waals surface area contributed by atoms with E-state index in [0.29, 0.717) is 11.7 Å². The van der Waals surface area contributed by atoms with Crippen molar-refractivity contribution in [3.63, 3.8) is 0 Å². The summed E-state index contributed by atoms with van der Waals surface area (Å²) in [5, 5.41) is 0.542. The van der Waals surface area contributed by atoms with Gasteiger partial charge in [0, 0.05) is 11.8 Å². The zero-order chi connectivity index (χ0) is 18.0. The van der Waals surface area contributed by atoms with E-state index in [-0.39, 0.29) is 35.1 Å². The van der Waals surface area contributed by atoms with Crippen molar-refractivity contribution in [3.8, 4) is 5.75 Å². The van der Waals surface area contributed by atoms with Crippen molar-refractivity contribution in [2.75, 3.05) is 25.2 Å². The smallest absolute Gasteiger partial charge is 0.252 e. The van der Waals surface area contributed by atoms with Crippen LogP contribution in [0.5, 0.6) is 5.75 Å². The highest BCUT2D eigenvalue weighted by molar-refractivity contribution is 8.15. The summed E-state index contributed by atoms with van der Waals surface area (Å²) in [5.41, 5.74) is 0.858.